The molecule has 1 aliphatic heterocycles. The van der Waals surface area contributed by atoms with Crippen molar-refractivity contribution in [2.75, 3.05) is 6.61 Å². The van der Waals surface area contributed by atoms with Crippen molar-refractivity contribution in [1.82, 2.24) is 5.32 Å². The maximum atomic E-state index is 11.5. The van der Waals surface area contributed by atoms with Crippen LogP contribution in [0.1, 0.15) is 71.1 Å². The van der Waals surface area contributed by atoms with Crippen molar-refractivity contribution >= 4 is 5.91 Å². The Morgan fingerprint density at radius 3 is 2.53 bits per heavy atom. The van der Waals surface area contributed by atoms with E-state index >= 15 is 0 Å². The highest BCUT2D eigenvalue weighted by molar-refractivity contribution is 5.76. The second-order valence-electron chi connectivity index (χ2n) is 4.94. The van der Waals surface area contributed by atoms with E-state index in [4.69, 9.17) is 4.74 Å². The molecule has 0 aromatic carbocycles. The molecule has 0 radical (unpaired) electrons. The van der Waals surface area contributed by atoms with Gasteiger partial charge in [-0.05, 0) is 19.3 Å². The lowest BCUT2D eigenvalue weighted by atomic mass is 10.1. The van der Waals surface area contributed by atoms with Crippen LogP contribution in [-0.2, 0) is 9.53 Å². The van der Waals surface area contributed by atoms with Crippen LogP contribution in [0, 0.1) is 0 Å². The Labute approximate surface area is 105 Å². The van der Waals surface area contributed by atoms with E-state index in [0.29, 0.717) is 6.42 Å². The van der Waals surface area contributed by atoms with Crippen molar-refractivity contribution in [3.8, 4) is 0 Å². The van der Waals surface area contributed by atoms with E-state index in [1.165, 1.54) is 38.5 Å². The molecular weight excluding hydrogens is 214 g/mol. The SMILES string of the molecule is CCCCCCCCCC(=O)NC1CCCO1. The van der Waals surface area contributed by atoms with E-state index in [1.807, 2.05) is 0 Å². The molecule has 0 bridgehead atoms. The minimum absolute atomic E-state index is 0.00736. The molecule has 1 atom stereocenters. The highest BCUT2D eigenvalue weighted by Gasteiger charge is 2.16. The molecule has 0 spiro atoms. The molecule has 1 unspecified atom stereocenters. The van der Waals surface area contributed by atoms with Crippen LogP contribution in [0.15, 0.2) is 0 Å². The average molecular weight is 241 g/mol. The van der Waals surface area contributed by atoms with Gasteiger partial charge in [0.05, 0.1) is 0 Å². The molecule has 0 aromatic rings. The lowest BCUT2D eigenvalue weighted by molar-refractivity contribution is -0.124. The maximum Gasteiger partial charge on any atom is 0.221 e. The Morgan fingerprint density at radius 1 is 1.18 bits per heavy atom. The Morgan fingerprint density at radius 2 is 1.88 bits per heavy atom. The first kappa shape index (κ1) is 14.5. The van der Waals surface area contributed by atoms with E-state index in [1.54, 1.807) is 0 Å². The van der Waals surface area contributed by atoms with Crippen LogP contribution >= 0.6 is 0 Å². The smallest absolute Gasteiger partial charge is 0.221 e. The van der Waals surface area contributed by atoms with Gasteiger partial charge in [-0.1, -0.05) is 45.4 Å². The number of carbonyl (C=O) groups is 1. The van der Waals surface area contributed by atoms with Gasteiger partial charge in [-0.15, -0.1) is 0 Å². The van der Waals surface area contributed by atoms with Gasteiger partial charge in [0.1, 0.15) is 6.23 Å². The zero-order valence-corrected chi connectivity index (χ0v) is 11.2. The molecule has 0 saturated carbocycles. The number of hydrogen-bond acceptors (Lipinski definition) is 2. The highest BCUT2D eigenvalue weighted by atomic mass is 16.5. The van der Waals surface area contributed by atoms with Crippen LogP contribution < -0.4 is 5.32 Å². The molecule has 1 aliphatic rings. The molecule has 1 heterocycles. The van der Waals surface area contributed by atoms with E-state index in [9.17, 15) is 4.79 Å². The summed E-state index contributed by atoms with van der Waals surface area (Å²) in [6, 6.07) is 0. The fourth-order valence-electron chi connectivity index (χ4n) is 2.19. The number of hydrogen-bond donors (Lipinski definition) is 1. The van der Waals surface area contributed by atoms with Crippen LogP contribution in [-0.4, -0.2) is 18.7 Å². The van der Waals surface area contributed by atoms with Crippen LogP contribution in [0.3, 0.4) is 0 Å². The predicted molar refractivity (Wildman–Crippen MR) is 69.7 cm³/mol. The summed E-state index contributed by atoms with van der Waals surface area (Å²) in [7, 11) is 0. The first-order chi connectivity index (χ1) is 8.33. The molecule has 0 aliphatic carbocycles. The lowest BCUT2D eigenvalue weighted by Gasteiger charge is -2.11. The highest BCUT2D eigenvalue weighted by Crippen LogP contribution is 2.11. The molecular formula is C14H27NO2. The molecule has 100 valence electrons. The summed E-state index contributed by atoms with van der Waals surface area (Å²) in [5.74, 6) is 0.158. The van der Waals surface area contributed by atoms with Gasteiger partial charge < -0.3 is 10.1 Å². The maximum absolute atomic E-state index is 11.5. The molecule has 1 fully saturated rings. The Kier molecular flexibility index (Phi) is 8.06. The number of unbranched alkanes of at least 4 members (excludes halogenated alkanes) is 6. The summed E-state index contributed by atoms with van der Waals surface area (Å²) in [5.41, 5.74) is 0. The second-order valence-corrected chi connectivity index (χ2v) is 4.94. The molecule has 1 rings (SSSR count). The fourth-order valence-corrected chi connectivity index (χ4v) is 2.19. The summed E-state index contributed by atoms with van der Waals surface area (Å²) in [6.07, 6.45) is 11.5. The Hall–Kier alpha value is -0.570. The number of ether oxygens (including phenoxy) is 1. The third-order valence-electron chi connectivity index (χ3n) is 3.26. The summed E-state index contributed by atoms with van der Waals surface area (Å²) >= 11 is 0. The van der Waals surface area contributed by atoms with Gasteiger partial charge in [-0.25, -0.2) is 0 Å². The van der Waals surface area contributed by atoms with Gasteiger partial charge in [0.25, 0.3) is 0 Å². The average Bonchev–Trinajstić information content (AvgIpc) is 2.80. The van der Waals surface area contributed by atoms with E-state index < -0.39 is 0 Å². The van der Waals surface area contributed by atoms with Gasteiger partial charge in [0.2, 0.25) is 5.91 Å². The van der Waals surface area contributed by atoms with Crippen molar-refractivity contribution in [3.63, 3.8) is 0 Å². The van der Waals surface area contributed by atoms with Gasteiger partial charge in [-0.2, -0.15) is 0 Å². The summed E-state index contributed by atoms with van der Waals surface area (Å²) in [4.78, 5) is 11.5. The largest absolute Gasteiger partial charge is 0.359 e. The minimum atomic E-state index is -0.00736. The van der Waals surface area contributed by atoms with Crippen LogP contribution in [0.4, 0.5) is 0 Å². The van der Waals surface area contributed by atoms with Gasteiger partial charge in [0.15, 0.2) is 0 Å². The third kappa shape index (κ3) is 7.37. The van der Waals surface area contributed by atoms with Crippen molar-refractivity contribution in [3.05, 3.63) is 0 Å². The molecule has 3 nitrogen and oxygen atoms in total. The predicted octanol–water partition coefficient (Wildman–Crippen LogP) is 3.38. The minimum Gasteiger partial charge on any atom is -0.359 e. The van der Waals surface area contributed by atoms with Crippen molar-refractivity contribution in [2.45, 2.75) is 77.4 Å². The fraction of sp³-hybridized carbons (Fsp3) is 0.929. The second kappa shape index (κ2) is 9.46. The first-order valence-corrected chi connectivity index (χ1v) is 7.24. The van der Waals surface area contributed by atoms with Gasteiger partial charge in [0, 0.05) is 13.0 Å². The molecule has 1 amide bonds. The van der Waals surface area contributed by atoms with Crippen LogP contribution in [0.2, 0.25) is 0 Å². The monoisotopic (exact) mass is 241 g/mol. The van der Waals surface area contributed by atoms with Crippen molar-refractivity contribution < 1.29 is 9.53 Å². The molecule has 1 N–H and O–H groups in total. The topological polar surface area (TPSA) is 38.3 Å². The molecule has 0 aromatic heterocycles. The lowest BCUT2D eigenvalue weighted by Crippen LogP contribution is -2.33. The third-order valence-corrected chi connectivity index (χ3v) is 3.26. The van der Waals surface area contributed by atoms with E-state index in [0.717, 1.165) is 25.9 Å². The summed E-state index contributed by atoms with van der Waals surface area (Å²) in [5, 5.41) is 2.93. The van der Waals surface area contributed by atoms with Crippen LogP contribution in [0.25, 0.3) is 0 Å². The zero-order valence-electron chi connectivity index (χ0n) is 11.2. The van der Waals surface area contributed by atoms with Crippen molar-refractivity contribution in [1.29, 1.82) is 0 Å². The number of nitrogens with one attached hydrogen (secondary N) is 1. The van der Waals surface area contributed by atoms with Gasteiger partial charge >= 0.3 is 0 Å². The standard InChI is InChI=1S/C14H27NO2/c1-2-3-4-5-6-7-8-10-13(16)15-14-11-9-12-17-14/h14H,2-12H2,1H3,(H,15,16). The Bertz CT molecular complexity index is 200. The number of rotatable bonds is 9. The van der Waals surface area contributed by atoms with E-state index in [2.05, 4.69) is 12.2 Å². The number of carbonyl (C=O) groups excluding carboxylic acids is 1. The molecule has 1 saturated heterocycles. The van der Waals surface area contributed by atoms with Gasteiger partial charge in [-0.3, -0.25) is 4.79 Å². The van der Waals surface area contributed by atoms with Crippen molar-refractivity contribution in [2.24, 2.45) is 0 Å². The number of amides is 1. The zero-order chi connectivity index (χ0) is 12.3. The first-order valence-electron chi connectivity index (χ1n) is 7.24. The molecule has 17 heavy (non-hydrogen) atoms. The summed E-state index contributed by atoms with van der Waals surface area (Å²) < 4.78 is 5.36. The quantitative estimate of drug-likeness (QED) is 0.628. The van der Waals surface area contributed by atoms with Crippen LogP contribution in [0.5, 0.6) is 0 Å². The van der Waals surface area contributed by atoms with E-state index in [-0.39, 0.29) is 12.1 Å². The normalized spacial score (nSPS) is 19.5. The molecule has 3 heteroatoms. The summed E-state index contributed by atoms with van der Waals surface area (Å²) in [6.45, 7) is 3.03. The Balaban J connectivity index is 1.86.